The molecule has 0 unspecified atom stereocenters. The lowest BCUT2D eigenvalue weighted by atomic mass is 10.2. The fourth-order valence-corrected chi connectivity index (χ4v) is 6.09. The summed E-state index contributed by atoms with van der Waals surface area (Å²) >= 11 is 2.87. The van der Waals surface area contributed by atoms with Gasteiger partial charge in [-0.05, 0) is 31.0 Å². The number of sulfonamides is 1. The molecule has 0 spiro atoms. The number of thioether (sulfide) groups is 1. The Morgan fingerprint density at radius 3 is 2.69 bits per heavy atom. The van der Waals surface area contributed by atoms with Gasteiger partial charge in [-0.1, -0.05) is 43.0 Å². The predicted octanol–water partition coefficient (Wildman–Crippen LogP) is 3.08. The van der Waals surface area contributed by atoms with Crippen LogP contribution < -0.4 is 5.32 Å². The highest BCUT2D eigenvalue weighted by Crippen LogP contribution is 2.29. The summed E-state index contributed by atoms with van der Waals surface area (Å²) in [5, 5.41) is 11.4. The van der Waals surface area contributed by atoms with E-state index in [0.717, 1.165) is 17.2 Å². The molecule has 7 nitrogen and oxygen atoms in total. The summed E-state index contributed by atoms with van der Waals surface area (Å²) in [5.41, 5.74) is 0.276. The number of carbonyl (C=O) groups is 1. The second-order valence-electron chi connectivity index (χ2n) is 6.13. The molecule has 1 amide bonds. The average molecular weight is 413 g/mol. The molecule has 1 aliphatic rings. The van der Waals surface area contributed by atoms with Gasteiger partial charge in [0.25, 0.3) is 5.91 Å². The number of rotatable bonds is 6. The predicted molar refractivity (Wildman–Crippen MR) is 103 cm³/mol. The van der Waals surface area contributed by atoms with Gasteiger partial charge in [-0.2, -0.15) is 4.31 Å². The van der Waals surface area contributed by atoms with Crippen LogP contribution in [0.25, 0.3) is 0 Å². The molecule has 0 bridgehead atoms. The second kappa shape index (κ2) is 8.03. The van der Waals surface area contributed by atoms with E-state index in [1.54, 1.807) is 23.9 Å². The molecule has 3 rings (SSSR count). The molecule has 1 N–H and O–H groups in total. The van der Waals surface area contributed by atoms with Gasteiger partial charge < -0.3 is 0 Å². The zero-order chi connectivity index (χ0) is 18.7. The molecular weight excluding hydrogens is 392 g/mol. The van der Waals surface area contributed by atoms with E-state index >= 15 is 0 Å². The highest BCUT2D eigenvalue weighted by atomic mass is 32.2. The topological polar surface area (TPSA) is 92.3 Å². The molecule has 1 aromatic carbocycles. The Labute approximate surface area is 161 Å². The summed E-state index contributed by atoms with van der Waals surface area (Å²) < 4.78 is 27.5. The highest BCUT2D eigenvalue weighted by Gasteiger charge is 2.27. The Morgan fingerprint density at radius 1 is 1.27 bits per heavy atom. The molecule has 2 aromatic rings. The van der Waals surface area contributed by atoms with Gasteiger partial charge in [0.05, 0.1) is 4.90 Å². The Kier molecular flexibility index (Phi) is 5.96. The molecule has 0 saturated carbocycles. The third-order valence-electron chi connectivity index (χ3n) is 3.76. The first kappa shape index (κ1) is 19.3. The van der Waals surface area contributed by atoms with Crippen molar-refractivity contribution in [1.82, 2.24) is 14.5 Å². The van der Waals surface area contributed by atoms with Crippen LogP contribution in [0.4, 0.5) is 5.13 Å². The van der Waals surface area contributed by atoms with Crippen LogP contribution in [0, 0.1) is 0 Å². The minimum Gasteiger partial charge on any atom is -0.296 e. The van der Waals surface area contributed by atoms with E-state index in [4.69, 9.17) is 0 Å². The first-order valence-corrected chi connectivity index (χ1v) is 11.4. The number of nitrogens with one attached hydrogen (secondary N) is 1. The van der Waals surface area contributed by atoms with E-state index in [-0.39, 0.29) is 10.5 Å². The van der Waals surface area contributed by atoms with Crippen molar-refractivity contribution in [2.24, 2.45) is 0 Å². The molecule has 1 fully saturated rings. The molecule has 26 heavy (non-hydrogen) atoms. The highest BCUT2D eigenvalue weighted by molar-refractivity contribution is 8.01. The lowest BCUT2D eigenvalue weighted by Gasteiger charge is -2.15. The van der Waals surface area contributed by atoms with Gasteiger partial charge in [0.15, 0.2) is 4.34 Å². The van der Waals surface area contributed by atoms with Crippen LogP contribution in [0.3, 0.4) is 0 Å². The number of aromatic nitrogens is 2. The molecule has 2 heterocycles. The van der Waals surface area contributed by atoms with Gasteiger partial charge in [0, 0.05) is 23.9 Å². The SMILES string of the molecule is CC(C)Sc1nnc(NC(=O)c2cccc(S(=O)(=O)N3CCCC3)c2)s1. The maximum Gasteiger partial charge on any atom is 0.257 e. The first-order valence-electron chi connectivity index (χ1n) is 8.28. The molecular formula is C16H20N4O3S3. The van der Waals surface area contributed by atoms with Crippen LogP contribution in [-0.2, 0) is 10.0 Å². The average Bonchev–Trinajstić information content (AvgIpc) is 3.27. The van der Waals surface area contributed by atoms with Gasteiger partial charge >= 0.3 is 0 Å². The van der Waals surface area contributed by atoms with Crippen molar-refractivity contribution in [2.45, 2.75) is 41.2 Å². The van der Waals surface area contributed by atoms with Crippen molar-refractivity contribution in [2.75, 3.05) is 18.4 Å². The molecule has 1 saturated heterocycles. The fourth-order valence-electron chi connectivity index (χ4n) is 2.55. The molecule has 140 valence electrons. The van der Waals surface area contributed by atoms with Crippen LogP contribution >= 0.6 is 23.1 Å². The largest absolute Gasteiger partial charge is 0.296 e. The smallest absolute Gasteiger partial charge is 0.257 e. The van der Waals surface area contributed by atoms with Gasteiger partial charge in [-0.3, -0.25) is 10.1 Å². The number of amides is 1. The maximum absolute atomic E-state index is 12.6. The number of nitrogens with zero attached hydrogens (tertiary/aromatic N) is 3. The van der Waals surface area contributed by atoms with E-state index in [2.05, 4.69) is 29.4 Å². The Bertz CT molecular complexity index is 890. The quantitative estimate of drug-likeness (QED) is 0.579. The standard InChI is InChI=1S/C16H20N4O3S3/c1-11(2)24-16-19-18-15(25-16)17-14(21)12-6-5-7-13(10-12)26(22,23)20-8-3-4-9-20/h5-7,10-11H,3-4,8-9H2,1-2H3,(H,17,18,21). The van der Waals surface area contributed by atoms with Gasteiger partial charge in [0.2, 0.25) is 15.2 Å². The number of hydrogen-bond acceptors (Lipinski definition) is 7. The molecule has 0 atom stereocenters. The Morgan fingerprint density at radius 2 is 2.00 bits per heavy atom. The van der Waals surface area contributed by atoms with Crippen LogP contribution in [0.15, 0.2) is 33.5 Å². The molecule has 1 aromatic heterocycles. The minimum atomic E-state index is -3.55. The van der Waals surface area contributed by atoms with Crippen LogP contribution in [0.5, 0.6) is 0 Å². The molecule has 0 radical (unpaired) electrons. The van der Waals surface area contributed by atoms with Crippen LogP contribution in [-0.4, -0.2) is 47.2 Å². The van der Waals surface area contributed by atoms with Crippen molar-refractivity contribution in [1.29, 1.82) is 0 Å². The van der Waals surface area contributed by atoms with Crippen molar-refractivity contribution in [3.63, 3.8) is 0 Å². The maximum atomic E-state index is 12.6. The number of benzene rings is 1. The van der Waals surface area contributed by atoms with Gasteiger partial charge in [-0.25, -0.2) is 8.42 Å². The normalized spacial score (nSPS) is 15.5. The Balaban J connectivity index is 1.75. The number of anilines is 1. The molecule has 1 aliphatic heterocycles. The van der Waals surface area contributed by atoms with E-state index < -0.39 is 15.9 Å². The monoisotopic (exact) mass is 412 g/mol. The summed E-state index contributed by atoms with van der Waals surface area (Å²) in [6, 6.07) is 6.10. The summed E-state index contributed by atoms with van der Waals surface area (Å²) in [4.78, 5) is 12.6. The molecule has 10 heteroatoms. The van der Waals surface area contributed by atoms with Crippen molar-refractivity contribution < 1.29 is 13.2 Å². The number of carbonyl (C=O) groups excluding carboxylic acids is 1. The summed E-state index contributed by atoms with van der Waals surface area (Å²) in [7, 11) is -3.55. The third-order valence-corrected chi connectivity index (χ3v) is 7.58. The van der Waals surface area contributed by atoms with E-state index in [9.17, 15) is 13.2 Å². The molecule has 0 aliphatic carbocycles. The first-order chi connectivity index (χ1) is 12.4. The second-order valence-corrected chi connectivity index (χ2v) is 10.9. The zero-order valence-corrected chi connectivity index (χ0v) is 17.0. The van der Waals surface area contributed by atoms with Crippen molar-refractivity contribution in [3.05, 3.63) is 29.8 Å². The van der Waals surface area contributed by atoms with Crippen molar-refractivity contribution >= 4 is 44.2 Å². The fraction of sp³-hybridized carbons (Fsp3) is 0.438. The zero-order valence-electron chi connectivity index (χ0n) is 14.5. The van der Waals surface area contributed by atoms with E-state index in [1.807, 2.05) is 0 Å². The lowest BCUT2D eigenvalue weighted by Crippen LogP contribution is -2.28. The van der Waals surface area contributed by atoms with Crippen molar-refractivity contribution in [3.8, 4) is 0 Å². The van der Waals surface area contributed by atoms with E-state index in [0.29, 0.717) is 23.5 Å². The van der Waals surface area contributed by atoms with Crippen LogP contribution in [0.2, 0.25) is 0 Å². The third kappa shape index (κ3) is 4.43. The van der Waals surface area contributed by atoms with Gasteiger partial charge in [-0.15, -0.1) is 10.2 Å². The lowest BCUT2D eigenvalue weighted by molar-refractivity contribution is 0.102. The summed E-state index contributed by atoms with van der Waals surface area (Å²) in [6.45, 7) is 5.16. The number of hydrogen-bond donors (Lipinski definition) is 1. The van der Waals surface area contributed by atoms with E-state index in [1.165, 1.54) is 27.8 Å². The minimum absolute atomic E-state index is 0.139. The summed E-state index contributed by atoms with van der Waals surface area (Å²) in [5.74, 6) is -0.402. The van der Waals surface area contributed by atoms with Crippen LogP contribution in [0.1, 0.15) is 37.0 Å². The summed E-state index contributed by atoms with van der Waals surface area (Å²) in [6.07, 6.45) is 1.74. The Hall–Kier alpha value is -1.49. The van der Waals surface area contributed by atoms with Gasteiger partial charge in [0.1, 0.15) is 0 Å².